The van der Waals surface area contributed by atoms with E-state index in [1.54, 1.807) is 0 Å². The third kappa shape index (κ3) is 3.45. The van der Waals surface area contributed by atoms with Crippen molar-refractivity contribution in [2.45, 2.75) is 32.2 Å². The number of hydrogen-bond donors (Lipinski definition) is 1. The Morgan fingerprint density at radius 3 is 2.95 bits per heavy atom. The van der Waals surface area contributed by atoms with Crippen molar-refractivity contribution in [2.24, 2.45) is 0 Å². The van der Waals surface area contributed by atoms with Crippen LogP contribution < -0.4 is 10.2 Å². The van der Waals surface area contributed by atoms with Gasteiger partial charge in [0.05, 0.1) is 12.2 Å². The summed E-state index contributed by atoms with van der Waals surface area (Å²) < 4.78 is 5.18. The topological polar surface area (TPSA) is 41.6 Å². The average molecular weight is 323 g/mol. The minimum absolute atomic E-state index is 0. The van der Waals surface area contributed by atoms with Crippen LogP contribution in [0.2, 0.25) is 0 Å². The van der Waals surface area contributed by atoms with Crippen molar-refractivity contribution in [2.75, 3.05) is 24.6 Å². The Bertz CT molecular complexity index is 553. The van der Waals surface area contributed by atoms with E-state index in [9.17, 15) is 4.79 Å². The monoisotopic (exact) mass is 322 g/mol. The van der Waals surface area contributed by atoms with Gasteiger partial charge >= 0.3 is 5.97 Å². The highest BCUT2D eigenvalue weighted by Crippen LogP contribution is 2.32. The summed E-state index contributed by atoms with van der Waals surface area (Å²) in [7, 11) is 0. The van der Waals surface area contributed by atoms with E-state index in [1.807, 2.05) is 19.2 Å². The van der Waals surface area contributed by atoms with Crippen LogP contribution in [-0.2, 0) is 16.0 Å². The highest BCUT2D eigenvalue weighted by Gasteiger charge is 2.27. The number of carbonyl (C=O) groups excluding carboxylic acids is 1. The van der Waals surface area contributed by atoms with Crippen LogP contribution in [0.5, 0.6) is 0 Å². The fraction of sp³-hybridized carbons (Fsp3) is 0.471. The lowest BCUT2D eigenvalue weighted by Gasteiger charge is -2.37. The first-order valence-electron chi connectivity index (χ1n) is 7.74. The molecule has 1 N–H and O–H groups in total. The van der Waals surface area contributed by atoms with Crippen molar-refractivity contribution in [1.29, 1.82) is 0 Å². The molecule has 2 aliphatic heterocycles. The molecule has 1 unspecified atom stereocenters. The van der Waals surface area contributed by atoms with Gasteiger partial charge in [0.2, 0.25) is 0 Å². The fourth-order valence-corrected chi connectivity index (χ4v) is 3.12. The summed E-state index contributed by atoms with van der Waals surface area (Å²) in [5.74, 6) is -0.194. The molecule has 0 bridgehead atoms. The van der Waals surface area contributed by atoms with Crippen molar-refractivity contribution in [1.82, 2.24) is 5.32 Å². The second kappa shape index (κ2) is 7.65. The number of halogens is 1. The molecule has 4 nitrogen and oxygen atoms in total. The Morgan fingerprint density at radius 2 is 2.23 bits per heavy atom. The molecule has 3 rings (SSSR count). The van der Waals surface area contributed by atoms with Gasteiger partial charge in [0, 0.05) is 30.9 Å². The number of nitrogens with zero attached hydrogens (tertiary/aromatic N) is 1. The molecule has 1 fully saturated rings. The van der Waals surface area contributed by atoms with Gasteiger partial charge in [0.25, 0.3) is 0 Å². The lowest BCUT2D eigenvalue weighted by Crippen LogP contribution is -2.45. The number of para-hydroxylation sites is 1. The van der Waals surface area contributed by atoms with Crippen LogP contribution in [-0.4, -0.2) is 31.7 Å². The molecule has 0 aromatic heterocycles. The van der Waals surface area contributed by atoms with E-state index < -0.39 is 0 Å². The van der Waals surface area contributed by atoms with Crippen molar-refractivity contribution < 1.29 is 9.53 Å². The molecule has 2 heterocycles. The zero-order chi connectivity index (χ0) is 14.7. The number of nitrogens with one attached hydrogen (secondary N) is 1. The number of esters is 1. The summed E-state index contributed by atoms with van der Waals surface area (Å²) in [5.41, 5.74) is 3.17. The number of rotatable bonds is 3. The van der Waals surface area contributed by atoms with Crippen LogP contribution in [0.25, 0.3) is 0 Å². The van der Waals surface area contributed by atoms with Gasteiger partial charge in [-0.1, -0.05) is 18.2 Å². The first-order chi connectivity index (χ1) is 10.3. The van der Waals surface area contributed by atoms with E-state index in [4.69, 9.17) is 4.74 Å². The van der Waals surface area contributed by atoms with E-state index >= 15 is 0 Å². The van der Waals surface area contributed by atoms with Gasteiger partial charge in [0.1, 0.15) is 0 Å². The molecule has 0 saturated carbocycles. The lowest BCUT2D eigenvalue weighted by atomic mass is 9.96. The largest absolute Gasteiger partial charge is 0.463 e. The van der Waals surface area contributed by atoms with Gasteiger partial charge in [-0.15, -0.1) is 12.4 Å². The molecule has 1 aromatic rings. The highest BCUT2D eigenvalue weighted by molar-refractivity contribution is 5.91. The maximum atomic E-state index is 12.1. The van der Waals surface area contributed by atoms with E-state index in [0.717, 1.165) is 25.1 Å². The predicted octanol–water partition coefficient (Wildman–Crippen LogP) is 2.67. The molecule has 22 heavy (non-hydrogen) atoms. The minimum Gasteiger partial charge on any atom is -0.463 e. The highest BCUT2D eigenvalue weighted by atomic mass is 35.5. The second-order valence-electron chi connectivity index (χ2n) is 5.59. The Labute approximate surface area is 137 Å². The molecule has 1 saturated heterocycles. The van der Waals surface area contributed by atoms with Crippen molar-refractivity contribution in [3.63, 3.8) is 0 Å². The number of carbonyl (C=O) groups is 1. The summed E-state index contributed by atoms with van der Waals surface area (Å²) >= 11 is 0. The molecular weight excluding hydrogens is 300 g/mol. The molecule has 0 spiro atoms. The maximum Gasteiger partial charge on any atom is 0.335 e. The third-order valence-electron chi connectivity index (χ3n) is 4.15. The number of hydrogen-bond acceptors (Lipinski definition) is 4. The van der Waals surface area contributed by atoms with Crippen LogP contribution in [0.4, 0.5) is 5.69 Å². The quantitative estimate of drug-likeness (QED) is 0.869. The summed E-state index contributed by atoms with van der Waals surface area (Å²) in [5, 5.41) is 3.45. The van der Waals surface area contributed by atoms with E-state index in [2.05, 4.69) is 28.4 Å². The summed E-state index contributed by atoms with van der Waals surface area (Å²) in [6.07, 6.45) is 4.98. The molecule has 120 valence electrons. The Balaban J connectivity index is 0.00000176. The number of benzene rings is 1. The van der Waals surface area contributed by atoms with Crippen LogP contribution >= 0.6 is 12.4 Å². The molecule has 1 aromatic carbocycles. The van der Waals surface area contributed by atoms with Crippen LogP contribution in [0, 0.1) is 0 Å². The number of fused-ring (bicyclic) bond motifs is 1. The zero-order valence-electron chi connectivity index (χ0n) is 12.9. The Hall–Kier alpha value is -1.52. The van der Waals surface area contributed by atoms with Gasteiger partial charge in [-0.25, -0.2) is 4.79 Å². The first kappa shape index (κ1) is 16.8. The van der Waals surface area contributed by atoms with Gasteiger partial charge in [-0.05, 0) is 37.9 Å². The summed E-state index contributed by atoms with van der Waals surface area (Å²) in [4.78, 5) is 14.4. The van der Waals surface area contributed by atoms with E-state index in [0.29, 0.717) is 19.1 Å². The number of ether oxygens (including phenoxy) is 1. The zero-order valence-corrected chi connectivity index (χ0v) is 13.7. The second-order valence-corrected chi connectivity index (χ2v) is 5.59. The van der Waals surface area contributed by atoms with Crippen LogP contribution in [0.1, 0.15) is 25.3 Å². The van der Waals surface area contributed by atoms with Gasteiger partial charge < -0.3 is 15.0 Å². The van der Waals surface area contributed by atoms with Crippen LogP contribution in [0.3, 0.4) is 0 Å². The summed E-state index contributed by atoms with van der Waals surface area (Å²) in [6, 6.07) is 8.74. The molecule has 2 aliphatic rings. The summed E-state index contributed by atoms with van der Waals surface area (Å²) in [6.45, 7) is 4.31. The first-order valence-corrected chi connectivity index (χ1v) is 7.74. The van der Waals surface area contributed by atoms with Crippen molar-refractivity contribution in [3.05, 3.63) is 41.6 Å². The molecular formula is C17H23ClN2O2. The average Bonchev–Trinajstić information content (AvgIpc) is 2.55. The maximum absolute atomic E-state index is 12.1. The van der Waals surface area contributed by atoms with Crippen molar-refractivity contribution in [3.8, 4) is 0 Å². The lowest BCUT2D eigenvalue weighted by molar-refractivity contribution is -0.138. The van der Waals surface area contributed by atoms with E-state index in [-0.39, 0.29) is 18.4 Å². The van der Waals surface area contributed by atoms with Crippen molar-refractivity contribution >= 4 is 24.1 Å². The third-order valence-corrected chi connectivity index (χ3v) is 4.15. The Morgan fingerprint density at radius 1 is 1.41 bits per heavy atom. The normalized spacial score (nSPS) is 20.5. The minimum atomic E-state index is -0.194. The molecule has 0 amide bonds. The standard InChI is InChI=1S/C17H22N2O2.ClH/c1-2-21-17(20)14-10-13-6-3-4-8-16(13)19(12-14)15-7-5-9-18-11-15;/h3-4,6,8,12,15,18H,2,5,7,9-11H2,1H3;1H. The molecule has 0 aliphatic carbocycles. The number of anilines is 1. The van der Waals surface area contributed by atoms with Gasteiger partial charge in [0.15, 0.2) is 0 Å². The Kier molecular flexibility index (Phi) is 5.86. The predicted molar refractivity (Wildman–Crippen MR) is 90.5 cm³/mol. The fourth-order valence-electron chi connectivity index (χ4n) is 3.12. The SMILES string of the molecule is CCOC(=O)C1=CN(C2CCCNC2)c2ccccc2C1.Cl. The van der Waals surface area contributed by atoms with Gasteiger partial charge in [-0.3, -0.25) is 0 Å². The van der Waals surface area contributed by atoms with Crippen LogP contribution in [0.15, 0.2) is 36.0 Å². The molecule has 0 radical (unpaired) electrons. The van der Waals surface area contributed by atoms with Gasteiger partial charge in [-0.2, -0.15) is 0 Å². The molecule has 5 heteroatoms. The van der Waals surface area contributed by atoms with E-state index in [1.165, 1.54) is 17.7 Å². The number of piperidine rings is 1. The molecule has 1 atom stereocenters. The smallest absolute Gasteiger partial charge is 0.335 e.